The molecule has 4 heterocycles. The van der Waals surface area contributed by atoms with Crippen molar-refractivity contribution in [3.8, 4) is 0 Å². The Morgan fingerprint density at radius 1 is 0.872 bits per heavy atom. The van der Waals surface area contributed by atoms with E-state index in [0.717, 1.165) is 65.0 Å². The summed E-state index contributed by atoms with van der Waals surface area (Å²) in [6, 6.07) is 0.00172. The summed E-state index contributed by atoms with van der Waals surface area (Å²) in [7, 11) is 2.04. The highest BCUT2D eigenvalue weighted by atomic mass is 16.2. The predicted molar refractivity (Wildman–Crippen MR) is 145 cm³/mol. The molecule has 3 amide bonds. The summed E-state index contributed by atoms with van der Waals surface area (Å²) in [5.74, 6) is 0.108. The Morgan fingerprint density at radius 3 is 2.00 bits per heavy atom. The predicted octanol–water partition coefficient (Wildman–Crippen LogP) is -0.544. The van der Waals surface area contributed by atoms with E-state index in [1.54, 1.807) is 0 Å². The van der Waals surface area contributed by atoms with Gasteiger partial charge in [-0.25, -0.2) is 4.98 Å². The zero-order valence-electron chi connectivity index (χ0n) is 23.0. The summed E-state index contributed by atoms with van der Waals surface area (Å²) in [6.45, 7) is 6.13. The molecule has 3 fully saturated rings. The second-order valence-electron chi connectivity index (χ2n) is 11.1. The lowest BCUT2D eigenvalue weighted by Crippen LogP contribution is -2.57. The molecule has 3 aliphatic heterocycles. The fourth-order valence-corrected chi connectivity index (χ4v) is 6.52. The zero-order chi connectivity index (χ0) is 27.4. The van der Waals surface area contributed by atoms with Crippen molar-refractivity contribution in [2.45, 2.75) is 69.6 Å². The second-order valence-corrected chi connectivity index (χ2v) is 11.1. The van der Waals surface area contributed by atoms with Gasteiger partial charge >= 0.3 is 0 Å². The van der Waals surface area contributed by atoms with Crippen LogP contribution in [0, 0.1) is 0 Å². The number of primary amides is 1. The third-order valence-electron chi connectivity index (χ3n) is 8.66. The van der Waals surface area contributed by atoms with Crippen LogP contribution < -0.4 is 21.3 Å². The average molecular weight is 543 g/mol. The fourth-order valence-electron chi connectivity index (χ4n) is 6.52. The van der Waals surface area contributed by atoms with Crippen LogP contribution in [-0.4, -0.2) is 119 Å². The van der Waals surface area contributed by atoms with E-state index in [1.165, 1.54) is 0 Å². The summed E-state index contributed by atoms with van der Waals surface area (Å²) in [5.41, 5.74) is 6.18. The van der Waals surface area contributed by atoms with Gasteiger partial charge in [-0.3, -0.25) is 19.3 Å². The third kappa shape index (κ3) is 6.15. The van der Waals surface area contributed by atoms with Crippen molar-refractivity contribution in [2.75, 3.05) is 64.3 Å². The van der Waals surface area contributed by atoms with Gasteiger partial charge in [0, 0.05) is 71.2 Å². The minimum Gasteiger partial charge on any atom is -0.363 e. The van der Waals surface area contributed by atoms with Crippen LogP contribution in [0.15, 0.2) is 0 Å². The molecule has 214 valence electrons. The van der Waals surface area contributed by atoms with Gasteiger partial charge in [-0.05, 0) is 32.7 Å². The molecule has 1 aromatic rings. The van der Waals surface area contributed by atoms with E-state index >= 15 is 0 Å². The van der Waals surface area contributed by atoms with Gasteiger partial charge in [-0.2, -0.15) is 0 Å². The highest BCUT2D eigenvalue weighted by Gasteiger charge is 2.43. The van der Waals surface area contributed by atoms with Crippen molar-refractivity contribution in [3.05, 3.63) is 11.5 Å². The van der Waals surface area contributed by atoms with E-state index in [4.69, 9.17) is 5.73 Å². The monoisotopic (exact) mass is 542 g/mol. The zero-order valence-corrected chi connectivity index (χ0v) is 23.0. The van der Waals surface area contributed by atoms with Crippen molar-refractivity contribution < 1.29 is 14.4 Å². The Kier molecular flexibility index (Phi) is 8.88. The Morgan fingerprint density at radius 2 is 1.44 bits per heavy atom. The lowest BCUT2D eigenvalue weighted by Gasteiger charge is -2.49. The summed E-state index contributed by atoms with van der Waals surface area (Å²) < 4.78 is 0. The fraction of sp³-hybridized carbons (Fsp3) is 0.769. The van der Waals surface area contributed by atoms with Crippen molar-refractivity contribution in [2.24, 2.45) is 5.73 Å². The van der Waals surface area contributed by atoms with Gasteiger partial charge in [0.15, 0.2) is 5.82 Å². The molecule has 13 nitrogen and oxygen atoms in total. The number of aromatic nitrogens is 3. The first-order valence-electron chi connectivity index (χ1n) is 14.5. The topological polar surface area (TPSA) is 153 Å². The molecule has 4 N–H and O–H groups in total. The van der Waals surface area contributed by atoms with Crippen LogP contribution in [0.25, 0.3) is 0 Å². The largest absolute Gasteiger partial charge is 0.363 e. The van der Waals surface area contributed by atoms with E-state index < -0.39 is 5.91 Å². The van der Waals surface area contributed by atoms with Crippen LogP contribution in [0.3, 0.4) is 0 Å². The molecule has 0 bridgehead atoms. The van der Waals surface area contributed by atoms with E-state index in [1.807, 2.05) is 16.8 Å². The number of nitrogens with two attached hydrogens (primary N) is 1. The number of piperazine rings is 2. The minimum atomic E-state index is -0.722. The van der Waals surface area contributed by atoms with Gasteiger partial charge in [-0.1, -0.05) is 12.8 Å². The van der Waals surface area contributed by atoms with Gasteiger partial charge in [0.1, 0.15) is 5.69 Å². The Labute approximate surface area is 229 Å². The first-order chi connectivity index (χ1) is 18.9. The maximum Gasteiger partial charge on any atom is 0.288 e. The van der Waals surface area contributed by atoms with E-state index in [0.29, 0.717) is 50.3 Å². The van der Waals surface area contributed by atoms with Crippen molar-refractivity contribution >= 4 is 23.5 Å². The number of carbonyl (C=O) groups excluding carboxylic acids is 3. The normalized spacial score (nSPS) is 24.6. The first-order valence-corrected chi connectivity index (χ1v) is 14.5. The molecule has 2 atom stereocenters. The molecule has 13 heteroatoms. The van der Waals surface area contributed by atoms with Gasteiger partial charge in [0.05, 0.1) is 12.2 Å². The number of carbonyl (C=O) groups is 3. The lowest BCUT2D eigenvalue weighted by atomic mass is 9.97. The molecule has 0 aromatic carbocycles. The van der Waals surface area contributed by atoms with Gasteiger partial charge in [0.25, 0.3) is 5.91 Å². The van der Waals surface area contributed by atoms with Crippen LogP contribution in [0.5, 0.6) is 0 Å². The molecule has 5 rings (SSSR count). The highest BCUT2D eigenvalue weighted by molar-refractivity contribution is 5.88. The highest BCUT2D eigenvalue weighted by Crippen LogP contribution is 2.42. The standard InChI is InChI=1S/C26H42N10O3/c1-33-19(6-8-21(37)34-14-10-28-11-15-34)23-26(32-31-25(30-23)24(27)39)36(18-4-2-3-5-18)20(33)7-9-22(38)35-16-12-29-13-17-35/h18-20,28-29H,2-17H2,1H3,(H2,27,39). The Hall–Kier alpha value is -2.90. The van der Waals surface area contributed by atoms with Crippen LogP contribution in [0.2, 0.25) is 0 Å². The summed E-state index contributed by atoms with van der Waals surface area (Å²) in [5, 5.41) is 15.2. The minimum absolute atomic E-state index is 0.0951. The van der Waals surface area contributed by atoms with Crippen LogP contribution in [0.1, 0.15) is 73.7 Å². The van der Waals surface area contributed by atoms with Crippen molar-refractivity contribution in [1.29, 1.82) is 0 Å². The van der Waals surface area contributed by atoms with E-state index in [9.17, 15) is 14.4 Å². The molecule has 0 radical (unpaired) electrons. The Balaban J connectivity index is 1.42. The van der Waals surface area contributed by atoms with Crippen molar-refractivity contribution in [1.82, 2.24) is 40.5 Å². The van der Waals surface area contributed by atoms with Crippen LogP contribution >= 0.6 is 0 Å². The quantitative estimate of drug-likeness (QED) is 0.390. The number of fused-ring (bicyclic) bond motifs is 1. The summed E-state index contributed by atoms with van der Waals surface area (Å²) >= 11 is 0. The Bertz CT molecular complexity index is 1040. The smallest absolute Gasteiger partial charge is 0.288 e. The van der Waals surface area contributed by atoms with Gasteiger partial charge in [0.2, 0.25) is 17.6 Å². The molecule has 39 heavy (non-hydrogen) atoms. The molecule has 2 unspecified atom stereocenters. The van der Waals surface area contributed by atoms with Crippen LogP contribution in [0.4, 0.5) is 5.82 Å². The number of amides is 3. The summed E-state index contributed by atoms with van der Waals surface area (Å²) in [4.78, 5) is 51.2. The third-order valence-corrected chi connectivity index (χ3v) is 8.66. The molecule has 4 aliphatic rings. The maximum atomic E-state index is 13.1. The van der Waals surface area contributed by atoms with Crippen molar-refractivity contribution in [3.63, 3.8) is 0 Å². The number of nitrogens with zero attached hydrogens (tertiary/aromatic N) is 7. The van der Waals surface area contributed by atoms with E-state index in [-0.39, 0.29) is 35.9 Å². The summed E-state index contributed by atoms with van der Waals surface area (Å²) in [6.07, 6.45) is 6.19. The average Bonchev–Trinajstić information content (AvgIpc) is 3.50. The number of anilines is 1. The van der Waals surface area contributed by atoms with Gasteiger partial charge < -0.3 is 31.1 Å². The number of hydrogen-bond acceptors (Lipinski definition) is 10. The number of hydrogen-bond donors (Lipinski definition) is 3. The van der Waals surface area contributed by atoms with Crippen LogP contribution in [-0.2, 0) is 9.59 Å². The number of rotatable bonds is 8. The molecule has 2 saturated heterocycles. The van der Waals surface area contributed by atoms with E-state index in [2.05, 4.69) is 35.6 Å². The van der Waals surface area contributed by atoms with Gasteiger partial charge in [-0.15, -0.1) is 10.2 Å². The molecule has 1 aliphatic carbocycles. The molecule has 1 aromatic heterocycles. The SMILES string of the molecule is CN1C(CCC(=O)N2CCNCC2)c2nc(C(N)=O)nnc2N(C2CCCC2)C1CCC(=O)N1CCNCC1. The first kappa shape index (κ1) is 27.7. The lowest BCUT2D eigenvalue weighted by molar-refractivity contribution is -0.132. The molecule has 0 spiro atoms. The molecule has 1 saturated carbocycles. The molecular formula is C26H42N10O3. The number of nitrogens with one attached hydrogen (secondary N) is 2. The maximum absolute atomic E-state index is 13.1. The molecular weight excluding hydrogens is 500 g/mol. The second kappa shape index (κ2) is 12.5.